The highest BCUT2D eigenvalue weighted by molar-refractivity contribution is 9.10. The average molecular weight is 360 g/mol. The van der Waals surface area contributed by atoms with E-state index in [-0.39, 0.29) is 11.7 Å². The lowest BCUT2D eigenvalue weighted by atomic mass is 10.1. The molecule has 4 rings (SSSR count). The first-order valence-electron chi connectivity index (χ1n) is 6.88. The number of hydrogen-bond acceptors (Lipinski definition) is 2. The van der Waals surface area contributed by atoms with Gasteiger partial charge >= 0.3 is 0 Å². The number of carbonyl (C=O) groups excluding carboxylic acids is 1. The van der Waals surface area contributed by atoms with Gasteiger partial charge in [-0.15, -0.1) is 0 Å². The normalized spacial score (nSPS) is 14.0. The van der Waals surface area contributed by atoms with Gasteiger partial charge in [0.2, 0.25) is 0 Å². The molecule has 110 valence electrons. The fraction of sp³-hybridized carbons (Fsp3) is 0.125. The Morgan fingerprint density at radius 2 is 2.14 bits per heavy atom. The zero-order chi connectivity index (χ0) is 15.3. The number of halogens is 2. The molecule has 0 atom stereocenters. The van der Waals surface area contributed by atoms with Crippen LogP contribution in [0.25, 0.3) is 22.4 Å². The van der Waals surface area contributed by atoms with Gasteiger partial charge in [0.25, 0.3) is 5.91 Å². The van der Waals surface area contributed by atoms with E-state index in [0.29, 0.717) is 23.1 Å². The van der Waals surface area contributed by atoms with Crippen molar-refractivity contribution in [1.82, 2.24) is 14.9 Å². The standard InChI is InChI=1S/C16H11BrFN3O/c17-11-8-9(4-5-12(11)18)15-20-13-3-1-2-10-14(13)21(15)7-6-19-16(10)22/h1-5,8H,6-7H2,(H,19,22). The van der Waals surface area contributed by atoms with Gasteiger partial charge in [0, 0.05) is 18.7 Å². The van der Waals surface area contributed by atoms with Crippen LogP contribution in [0.4, 0.5) is 4.39 Å². The molecule has 3 aromatic rings. The SMILES string of the molecule is O=C1NCCn2c(-c3ccc(F)c(Br)c3)nc3cccc1c32. The van der Waals surface area contributed by atoms with Gasteiger partial charge in [0.1, 0.15) is 11.6 Å². The highest BCUT2D eigenvalue weighted by atomic mass is 79.9. The van der Waals surface area contributed by atoms with Gasteiger partial charge in [0.05, 0.1) is 21.1 Å². The van der Waals surface area contributed by atoms with Crippen molar-refractivity contribution in [2.75, 3.05) is 6.54 Å². The van der Waals surface area contributed by atoms with E-state index in [9.17, 15) is 9.18 Å². The number of para-hydroxylation sites is 1. The minimum atomic E-state index is -0.312. The predicted octanol–water partition coefficient (Wildman–Crippen LogP) is 3.35. The van der Waals surface area contributed by atoms with Crippen LogP contribution in [0.15, 0.2) is 40.9 Å². The van der Waals surface area contributed by atoms with Crippen molar-refractivity contribution < 1.29 is 9.18 Å². The van der Waals surface area contributed by atoms with Gasteiger partial charge < -0.3 is 9.88 Å². The van der Waals surface area contributed by atoms with Crippen LogP contribution in [0.1, 0.15) is 10.4 Å². The summed E-state index contributed by atoms with van der Waals surface area (Å²) in [6.07, 6.45) is 0. The minimum Gasteiger partial charge on any atom is -0.350 e. The van der Waals surface area contributed by atoms with Crippen LogP contribution in [0.3, 0.4) is 0 Å². The van der Waals surface area contributed by atoms with Crippen LogP contribution < -0.4 is 5.32 Å². The van der Waals surface area contributed by atoms with Crippen LogP contribution in [0.2, 0.25) is 0 Å². The van der Waals surface area contributed by atoms with Gasteiger partial charge in [-0.25, -0.2) is 9.37 Å². The molecule has 1 aliphatic rings. The number of aromatic nitrogens is 2. The zero-order valence-electron chi connectivity index (χ0n) is 11.4. The lowest BCUT2D eigenvalue weighted by molar-refractivity contribution is 0.0956. The Balaban J connectivity index is 2.03. The third-order valence-corrected chi connectivity index (χ3v) is 4.42. The molecule has 1 aliphatic heterocycles. The summed E-state index contributed by atoms with van der Waals surface area (Å²) in [6, 6.07) is 10.3. The Kier molecular flexibility index (Phi) is 3.00. The summed E-state index contributed by atoms with van der Waals surface area (Å²) in [5.74, 6) is 0.337. The smallest absolute Gasteiger partial charge is 0.253 e. The van der Waals surface area contributed by atoms with E-state index < -0.39 is 0 Å². The molecule has 6 heteroatoms. The van der Waals surface area contributed by atoms with E-state index in [2.05, 4.69) is 26.2 Å². The molecule has 0 radical (unpaired) electrons. The van der Waals surface area contributed by atoms with Gasteiger partial charge in [-0.3, -0.25) is 4.79 Å². The lowest BCUT2D eigenvalue weighted by Crippen LogP contribution is -2.24. The van der Waals surface area contributed by atoms with Gasteiger partial charge in [-0.2, -0.15) is 0 Å². The maximum Gasteiger partial charge on any atom is 0.253 e. The van der Waals surface area contributed by atoms with Crippen LogP contribution in [0.5, 0.6) is 0 Å². The summed E-state index contributed by atoms with van der Waals surface area (Å²) in [7, 11) is 0. The molecule has 1 amide bonds. The number of imidazole rings is 1. The largest absolute Gasteiger partial charge is 0.350 e. The third kappa shape index (κ3) is 1.94. The second kappa shape index (κ2) is 4.91. The topological polar surface area (TPSA) is 46.9 Å². The summed E-state index contributed by atoms with van der Waals surface area (Å²) >= 11 is 3.21. The Labute approximate surface area is 134 Å². The second-order valence-electron chi connectivity index (χ2n) is 5.15. The average Bonchev–Trinajstić information content (AvgIpc) is 2.79. The van der Waals surface area contributed by atoms with Gasteiger partial charge in [-0.1, -0.05) is 6.07 Å². The van der Waals surface area contributed by atoms with Crippen molar-refractivity contribution in [2.24, 2.45) is 0 Å². The second-order valence-corrected chi connectivity index (χ2v) is 6.00. The summed E-state index contributed by atoms with van der Waals surface area (Å²) in [4.78, 5) is 16.8. The van der Waals surface area contributed by atoms with Crippen molar-refractivity contribution in [1.29, 1.82) is 0 Å². The lowest BCUT2D eigenvalue weighted by Gasteiger charge is -2.07. The maximum absolute atomic E-state index is 13.5. The van der Waals surface area contributed by atoms with E-state index >= 15 is 0 Å². The Morgan fingerprint density at radius 3 is 2.95 bits per heavy atom. The maximum atomic E-state index is 13.5. The van der Waals surface area contributed by atoms with Crippen molar-refractivity contribution in [3.8, 4) is 11.4 Å². The molecule has 22 heavy (non-hydrogen) atoms. The van der Waals surface area contributed by atoms with Crippen molar-refractivity contribution >= 4 is 32.9 Å². The fourth-order valence-electron chi connectivity index (χ4n) is 2.82. The molecule has 0 saturated heterocycles. The van der Waals surface area contributed by atoms with Crippen LogP contribution in [-0.4, -0.2) is 22.0 Å². The quantitative estimate of drug-likeness (QED) is 0.724. The molecule has 1 aromatic heterocycles. The number of benzene rings is 2. The molecule has 4 nitrogen and oxygen atoms in total. The van der Waals surface area contributed by atoms with E-state index in [4.69, 9.17) is 0 Å². The summed E-state index contributed by atoms with van der Waals surface area (Å²) in [6.45, 7) is 1.16. The van der Waals surface area contributed by atoms with Gasteiger partial charge in [0.15, 0.2) is 0 Å². The number of rotatable bonds is 1. The molecule has 0 unspecified atom stereocenters. The summed E-state index contributed by atoms with van der Waals surface area (Å²) < 4.78 is 15.9. The molecular formula is C16H11BrFN3O. The van der Waals surface area contributed by atoms with Crippen molar-refractivity contribution in [3.63, 3.8) is 0 Å². The summed E-state index contributed by atoms with van der Waals surface area (Å²) in [5.41, 5.74) is 3.03. The van der Waals surface area contributed by atoms with E-state index in [1.807, 2.05) is 16.7 Å². The first-order chi connectivity index (χ1) is 10.6. The van der Waals surface area contributed by atoms with Crippen LogP contribution in [0, 0.1) is 5.82 Å². The minimum absolute atomic E-state index is 0.0870. The Bertz CT molecular complexity index is 919. The van der Waals surface area contributed by atoms with Gasteiger partial charge in [-0.05, 0) is 46.3 Å². The molecule has 0 saturated carbocycles. The van der Waals surface area contributed by atoms with Crippen LogP contribution >= 0.6 is 15.9 Å². The first kappa shape index (κ1) is 13.5. The predicted molar refractivity (Wildman–Crippen MR) is 85.2 cm³/mol. The molecule has 0 fully saturated rings. The van der Waals surface area contributed by atoms with Crippen LogP contribution in [-0.2, 0) is 6.54 Å². The molecule has 2 aromatic carbocycles. The first-order valence-corrected chi connectivity index (χ1v) is 7.67. The Morgan fingerprint density at radius 1 is 1.27 bits per heavy atom. The number of amides is 1. The zero-order valence-corrected chi connectivity index (χ0v) is 13.0. The highest BCUT2D eigenvalue weighted by Crippen LogP contribution is 2.30. The van der Waals surface area contributed by atoms with Crippen molar-refractivity contribution in [2.45, 2.75) is 6.54 Å². The third-order valence-electron chi connectivity index (χ3n) is 3.81. The molecule has 1 N–H and O–H groups in total. The fourth-order valence-corrected chi connectivity index (χ4v) is 3.20. The van der Waals surface area contributed by atoms with E-state index in [1.54, 1.807) is 18.2 Å². The number of carbonyl (C=O) groups is 1. The monoisotopic (exact) mass is 359 g/mol. The number of nitrogens with one attached hydrogen (secondary N) is 1. The Hall–Kier alpha value is -2.21. The van der Waals surface area contributed by atoms with E-state index in [0.717, 1.165) is 22.4 Å². The molecule has 0 aliphatic carbocycles. The summed E-state index contributed by atoms with van der Waals surface area (Å²) in [5, 5.41) is 2.88. The molecule has 0 bridgehead atoms. The number of nitrogens with zero attached hydrogens (tertiary/aromatic N) is 2. The number of hydrogen-bond donors (Lipinski definition) is 1. The highest BCUT2D eigenvalue weighted by Gasteiger charge is 2.21. The van der Waals surface area contributed by atoms with Crippen molar-refractivity contribution in [3.05, 3.63) is 52.3 Å². The molecular weight excluding hydrogens is 349 g/mol. The molecule has 2 heterocycles. The van der Waals surface area contributed by atoms with E-state index in [1.165, 1.54) is 6.07 Å². The molecule has 0 spiro atoms.